The highest BCUT2D eigenvalue weighted by Crippen LogP contribution is 2.21. The van der Waals surface area contributed by atoms with Crippen LogP contribution in [0.15, 0.2) is 30.6 Å². The summed E-state index contributed by atoms with van der Waals surface area (Å²) in [6.45, 7) is 3.26. The molecule has 1 aromatic heterocycles. The van der Waals surface area contributed by atoms with E-state index >= 15 is 0 Å². The van der Waals surface area contributed by atoms with Crippen LogP contribution in [0.2, 0.25) is 0 Å². The Morgan fingerprint density at radius 2 is 2.32 bits per heavy atom. The van der Waals surface area contributed by atoms with Crippen molar-refractivity contribution in [3.63, 3.8) is 0 Å². The van der Waals surface area contributed by atoms with Crippen molar-refractivity contribution < 1.29 is 14.6 Å². The van der Waals surface area contributed by atoms with Crippen LogP contribution in [0.3, 0.4) is 0 Å². The van der Waals surface area contributed by atoms with E-state index in [2.05, 4.69) is 10.3 Å². The molecule has 0 spiro atoms. The number of carbonyl (C=O) groups is 1. The van der Waals surface area contributed by atoms with E-state index in [4.69, 9.17) is 4.74 Å². The molecule has 0 bridgehead atoms. The maximum atomic E-state index is 11.9. The summed E-state index contributed by atoms with van der Waals surface area (Å²) >= 11 is 0. The number of imidazole rings is 1. The van der Waals surface area contributed by atoms with Gasteiger partial charge in [-0.3, -0.25) is 10.1 Å². The van der Waals surface area contributed by atoms with Crippen molar-refractivity contribution in [2.24, 2.45) is 0 Å². The second kappa shape index (κ2) is 6.19. The molecule has 1 atom stereocenters. The Morgan fingerprint density at radius 1 is 1.50 bits per heavy atom. The van der Waals surface area contributed by atoms with Gasteiger partial charge in [-0.05, 0) is 13.0 Å². The molecule has 0 saturated carbocycles. The fraction of sp³-hybridized carbons (Fsp3) is 0.375. The minimum absolute atomic E-state index is 0.233. The molecule has 1 aliphatic heterocycles. The van der Waals surface area contributed by atoms with Gasteiger partial charge in [-0.15, -0.1) is 0 Å². The molecular formula is C16H19N3O3. The van der Waals surface area contributed by atoms with Gasteiger partial charge in [-0.1, -0.05) is 18.2 Å². The first kappa shape index (κ1) is 14.6. The number of hydrogen-bond donors (Lipinski definition) is 2. The van der Waals surface area contributed by atoms with Crippen molar-refractivity contribution in [2.45, 2.75) is 32.5 Å². The summed E-state index contributed by atoms with van der Waals surface area (Å²) in [5, 5.41) is 13.1. The molecule has 22 heavy (non-hydrogen) atoms. The van der Waals surface area contributed by atoms with Gasteiger partial charge < -0.3 is 14.4 Å². The molecule has 0 saturated heterocycles. The molecule has 0 amide bonds. The molecule has 1 aromatic carbocycles. The maximum absolute atomic E-state index is 11.9. The lowest BCUT2D eigenvalue weighted by Crippen LogP contribution is -2.43. The van der Waals surface area contributed by atoms with Crippen LogP contribution in [0.1, 0.15) is 23.9 Å². The van der Waals surface area contributed by atoms with Crippen LogP contribution in [0.25, 0.3) is 0 Å². The van der Waals surface area contributed by atoms with Gasteiger partial charge in [0.05, 0.1) is 25.2 Å². The SMILES string of the molecule is CCOC(=O)C1Cc2c(ncn2Cc2ccccc2O)CN1. The lowest BCUT2D eigenvalue weighted by atomic mass is 10.0. The summed E-state index contributed by atoms with van der Waals surface area (Å²) in [7, 11) is 0. The van der Waals surface area contributed by atoms with Crippen molar-refractivity contribution in [3.05, 3.63) is 47.5 Å². The minimum atomic E-state index is -0.340. The summed E-state index contributed by atoms with van der Waals surface area (Å²) in [4.78, 5) is 16.3. The number of aromatic hydroxyl groups is 1. The van der Waals surface area contributed by atoms with Gasteiger partial charge in [0, 0.05) is 24.2 Å². The number of aromatic nitrogens is 2. The number of nitrogens with one attached hydrogen (secondary N) is 1. The third-order valence-corrected chi connectivity index (χ3v) is 3.85. The standard InChI is InChI=1S/C16H19N3O3/c1-2-22-16(21)12-7-14-13(8-17-12)18-10-19(14)9-11-5-3-4-6-15(11)20/h3-6,10,12,17,20H,2,7-9H2,1H3. The maximum Gasteiger partial charge on any atom is 0.323 e. The van der Waals surface area contributed by atoms with E-state index in [1.54, 1.807) is 25.4 Å². The second-order valence-corrected chi connectivity index (χ2v) is 5.28. The van der Waals surface area contributed by atoms with Gasteiger partial charge in [-0.2, -0.15) is 0 Å². The Kier molecular flexibility index (Phi) is 4.11. The summed E-state index contributed by atoms with van der Waals surface area (Å²) < 4.78 is 7.06. The molecule has 2 aromatic rings. The quantitative estimate of drug-likeness (QED) is 0.830. The predicted molar refractivity (Wildman–Crippen MR) is 80.4 cm³/mol. The van der Waals surface area contributed by atoms with Crippen molar-refractivity contribution in [1.82, 2.24) is 14.9 Å². The lowest BCUT2D eigenvalue weighted by molar-refractivity contribution is -0.145. The Morgan fingerprint density at radius 3 is 3.09 bits per heavy atom. The number of para-hydroxylation sites is 1. The number of benzene rings is 1. The number of phenols is 1. The third kappa shape index (κ3) is 2.82. The molecule has 3 rings (SSSR count). The summed E-state index contributed by atoms with van der Waals surface area (Å²) in [6.07, 6.45) is 2.30. The summed E-state index contributed by atoms with van der Waals surface area (Å²) in [6, 6.07) is 6.89. The molecule has 6 nitrogen and oxygen atoms in total. The number of nitrogens with zero attached hydrogens (tertiary/aromatic N) is 2. The van der Waals surface area contributed by atoms with Crippen LogP contribution in [0, 0.1) is 0 Å². The van der Waals surface area contributed by atoms with Crippen LogP contribution < -0.4 is 5.32 Å². The summed E-state index contributed by atoms with van der Waals surface area (Å²) in [5.74, 6) is 0.0317. The van der Waals surface area contributed by atoms with Crippen molar-refractivity contribution in [3.8, 4) is 5.75 Å². The largest absolute Gasteiger partial charge is 0.508 e. The van der Waals surface area contributed by atoms with Gasteiger partial charge >= 0.3 is 5.97 Å². The number of hydrogen-bond acceptors (Lipinski definition) is 5. The van der Waals surface area contributed by atoms with Crippen LogP contribution in [-0.2, 0) is 29.0 Å². The summed E-state index contributed by atoms with van der Waals surface area (Å²) in [5.41, 5.74) is 2.78. The van der Waals surface area contributed by atoms with Gasteiger partial charge in [0.2, 0.25) is 0 Å². The molecule has 0 aliphatic carbocycles. The molecule has 0 fully saturated rings. The molecule has 2 N–H and O–H groups in total. The molecule has 6 heteroatoms. The van der Waals surface area contributed by atoms with E-state index in [1.165, 1.54) is 0 Å². The fourth-order valence-corrected chi connectivity index (χ4v) is 2.69. The number of fused-ring (bicyclic) bond motifs is 1. The van der Waals surface area contributed by atoms with Gasteiger partial charge in [0.1, 0.15) is 11.8 Å². The molecule has 1 aliphatic rings. The number of ether oxygens (including phenoxy) is 1. The third-order valence-electron chi connectivity index (χ3n) is 3.85. The molecule has 0 radical (unpaired) electrons. The number of esters is 1. The topological polar surface area (TPSA) is 76.4 Å². The van der Waals surface area contributed by atoms with Crippen molar-refractivity contribution in [2.75, 3.05) is 6.61 Å². The average Bonchev–Trinajstić information content (AvgIpc) is 2.92. The Balaban J connectivity index is 1.81. The van der Waals surface area contributed by atoms with Crippen molar-refractivity contribution >= 4 is 5.97 Å². The highest BCUT2D eigenvalue weighted by atomic mass is 16.5. The van der Waals surface area contributed by atoms with Crippen LogP contribution >= 0.6 is 0 Å². The normalized spacial score (nSPS) is 17.0. The molecule has 2 heterocycles. The smallest absolute Gasteiger partial charge is 0.323 e. The molecule has 116 valence electrons. The zero-order chi connectivity index (χ0) is 15.5. The van der Waals surface area contributed by atoms with E-state index < -0.39 is 0 Å². The monoisotopic (exact) mass is 301 g/mol. The first-order valence-corrected chi connectivity index (χ1v) is 7.38. The van der Waals surface area contributed by atoms with Gasteiger partial charge in [0.15, 0.2) is 0 Å². The van der Waals surface area contributed by atoms with E-state index in [-0.39, 0.29) is 17.8 Å². The fourth-order valence-electron chi connectivity index (χ4n) is 2.69. The van der Waals surface area contributed by atoms with E-state index in [0.29, 0.717) is 26.1 Å². The van der Waals surface area contributed by atoms with Crippen LogP contribution in [0.5, 0.6) is 5.75 Å². The van der Waals surface area contributed by atoms with Gasteiger partial charge in [0.25, 0.3) is 0 Å². The van der Waals surface area contributed by atoms with E-state index in [0.717, 1.165) is 17.0 Å². The number of phenolic OH excluding ortho intramolecular Hbond substituents is 1. The number of rotatable bonds is 4. The zero-order valence-electron chi connectivity index (χ0n) is 12.5. The minimum Gasteiger partial charge on any atom is -0.508 e. The Hall–Kier alpha value is -2.34. The second-order valence-electron chi connectivity index (χ2n) is 5.28. The molecule has 1 unspecified atom stereocenters. The molecular weight excluding hydrogens is 282 g/mol. The van der Waals surface area contributed by atoms with Crippen molar-refractivity contribution in [1.29, 1.82) is 0 Å². The van der Waals surface area contributed by atoms with Crippen LogP contribution in [0.4, 0.5) is 0 Å². The highest BCUT2D eigenvalue weighted by Gasteiger charge is 2.28. The lowest BCUT2D eigenvalue weighted by Gasteiger charge is -2.23. The Labute approximate surface area is 128 Å². The van der Waals surface area contributed by atoms with Gasteiger partial charge in [-0.25, -0.2) is 4.98 Å². The van der Waals surface area contributed by atoms with Crippen LogP contribution in [-0.4, -0.2) is 33.3 Å². The van der Waals surface area contributed by atoms with E-state index in [1.807, 2.05) is 16.7 Å². The Bertz CT molecular complexity index is 681. The predicted octanol–water partition coefficient (Wildman–Crippen LogP) is 1.21. The first-order chi connectivity index (χ1) is 10.7. The zero-order valence-corrected chi connectivity index (χ0v) is 12.5. The number of carbonyl (C=O) groups excluding carboxylic acids is 1. The highest BCUT2D eigenvalue weighted by molar-refractivity contribution is 5.76. The average molecular weight is 301 g/mol. The van der Waals surface area contributed by atoms with E-state index in [9.17, 15) is 9.90 Å². The first-order valence-electron chi connectivity index (χ1n) is 7.38.